The first-order valence-electron chi connectivity index (χ1n) is 21.8. The van der Waals surface area contributed by atoms with Crippen molar-refractivity contribution < 1.29 is 9.59 Å². The van der Waals surface area contributed by atoms with Crippen molar-refractivity contribution in [3.8, 4) is 66.0 Å². The van der Waals surface area contributed by atoms with Gasteiger partial charge in [-0.25, -0.2) is 0 Å². The zero-order valence-corrected chi connectivity index (χ0v) is 40.1. The second-order valence-corrected chi connectivity index (χ2v) is 22.5. The average Bonchev–Trinajstić information content (AvgIpc) is 4.24. The minimum Gasteiger partial charge on any atom is -0.289 e. The predicted octanol–water partition coefficient (Wildman–Crippen LogP) is 15.2. The van der Waals surface area contributed by atoms with Crippen LogP contribution in [0.2, 0.25) is 0 Å². The lowest BCUT2D eigenvalue weighted by Gasteiger charge is -2.23. The number of allylic oxidation sites excluding steroid dienone is 6. The molecule has 0 N–H and O–H groups in total. The SMILES string of the molecule is CC1(C)c2cc(-c3ccc(C=C4C(=O)c5ccccc5C4=C(C#N)C#N)s3)ccc2-c2sc3c4c(sc3c21)-c1ccc(-c2ccc(C=C3C(=O)c5ccccc5C3=C(C#N)C#N)s2)cc1C4(C)C. The molecule has 68 heavy (non-hydrogen) atoms. The van der Waals surface area contributed by atoms with Crippen LogP contribution in [0.15, 0.2) is 131 Å². The van der Waals surface area contributed by atoms with Crippen LogP contribution in [0.3, 0.4) is 0 Å². The van der Waals surface area contributed by atoms with Gasteiger partial charge in [-0.2, -0.15) is 21.0 Å². The summed E-state index contributed by atoms with van der Waals surface area (Å²) >= 11 is 6.99. The van der Waals surface area contributed by atoms with Crippen LogP contribution in [0.5, 0.6) is 0 Å². The van der Waals surface area contributed by atoms with E-state index in [1.54, 1.807) is 59.1 Å². The first kappa shape index (κ1) is 41.6. The number of Topliss-reactive ketones (excluding diaryl/α,β-unsaturated/α-hetero) is 2. The van der Waals surface area contributed by atoms with Crippen molar-refractivity contribution in [2.45, 2.75) is 38.5 Å². The summed E-state index contributed by atoms with van der Waals surface area (Å²) in [6.45, 7) is 9.35. The average molecular weight is 945 g/mol. The molecule has 6 nitrogen and oxygen atoms in total. The molecule has 0 bridgehead atoms. The number of hydrogen-bond acceptors (Lipinski definition) is 10. The van der Waals surface area contributed by atoms with Crippen LogP contribution >= 0.6 is 45.3 Å². The normalized spacial score (nSPS) is 16.5. The van der Waals surface area contributed by atoms with E-state index in [0.717, 1.165) is 30.6 Å². The summed E-state index contributed by atoms with van der Waals surface area (Å²) in [6.07, 6.45) is 3.64. The predicted molar refractivity (Wildman–Crippen MR) is 275 cm³/mol. The van der Waals surface area contributed by atoms with E-state index in [1.807, 2.05) is 83.4 Å². The molecule has 0 radical (unpaired) electrons. The van der Waals surface area contributed by atoms with Crippen molar-refractivity contribution in [3.05, 3.63) is 186 Å². The Morgan fingerprint density at radius 1 is 0.471 bits per heavy atom. The fourth-order valence-electron chi connectivity index (χ4n) is 10.7. The lowest BCUT2D eigenvalue weighted by molar-refractivity contribution is 0.103. The van der Waals surface area contributed by atoms with Gasteiger partial charge in [-0.15, -0.1) is 45.3 Å². The van der Waals surface area contributed by atoms with Crippen LogP contribution in [0.1, 0.15) is 91.5 Å². The third kappa shape index (κ3) is 5.74. The van der Waals surface area contributed by atoms with E-state index in [2.05, 4.69) is 76.2 Å². The van der Waals surface area contributed by atoms with Gasteiger partial charge < -0.3 is 0 Å². The summed E-state index contributed by atoms with van der Waals surface area (Å²) < 4.78 is 2.71. The molecule has 10 heteroatoms. The second kappa shape index (κ2) is 14.9. The Bertz CT molecular complexity index is 3720. The molecule has 0 unspecified atom stereocenters. The molecule has 0 saturated carbocycles. The first-order valence-corrected chi connectivity index (χ1v) is 25.1. The Hall–Kier alpha value is -7.80. The van der Waals surface area contributed by atoms with E-state index in [4.69, 9.17) is 0 Å². The number of rotatable bonds is 4. The molecule has 0 spiro atoms. The fourth-order valence-corrected chi connectivity index (χ4v) is 16.2. The van der Waals surface area contributed by atoms with E-state index in [9.17, 15) is 30.6 Å². The number of nitrogens with zero attached hydrogens (tertiary/aromatic N) is 4. The molecule has 12 rings (SSSR count). The molecule has 0 aliphatic heterocycles. The van der Waals surface area contributed by atoms with Gasteiger partial charge in [0.2, 0.25) is 0 Å². The van der Waals surface area contributed by atoms with Gasteiger partial charge in [0.05, 0.1) is 9.40 Å². The molecule has 4 aliphatic rings. The summed E-state index contributed by atoms with van der Waals surface area (Å²) in [5.74, 6) is -0.365. The summed E-state index contributed by atoms with van der Waals surface area (Å²) in [6, 6.07) is 44.1. The Balaban J connectivity index is 0.857. The van der Waals surface area contributed by atoms with E-state index in [-0.39, 0.29) is 33.5 Å². The number of ketones is 2. The van der Waals surface area contributed by atoms with E-state index >= 15 is 0 Å². The standard InChI is InChI=1S/C58H32N4O2S4/c1-57(2)43-21-29(45-19-15-33(65-45)23-41-47(31(25-59)26-60)35-9-5-7-11-37(35)51(41)63)13-17-39(43)53-49(57)55-56(67-53)50-54(68-55)40-18-14-30(22-44(40)58(50,3)4)46-20-16-34(66-46)24-42-48(32(27-61)28-62)36-10-6-8-12-38(36)52(42)64/h5-24H,1-4H3. The van der Waals surface area contributed by atoms with Crippen molar-refractivity contribution in [3.63, 3.8) is 0 Å². The van der Waals surface area contributed by atoms with Crippen molar-refractivity contribution in [1.82, 2.24) is 0 Å². The number of fused-ring (bicyclic) bond motifs is 11. The molecule has 0 saturated heterocycles. The van der Waals surface area contributed by atoms with Crippen molar-refractivity contribution in [2.75, 3.05) is 0 Å². The molecule has 0 amide bonds. The van der Waals surface area contributed by atoms with E-state index in [0.29, 0.717) is 44.5 Å². The third-order valence-electron chi connectivity index (χ3n) is 13.9. The first-order chi connectivity index (χ1) is 32.9. The summed E-state index contributed by atoms with van der Waals surface area (Å²) in [7, 11) is 0. The zero-order valence-electron chi connectivity index (χ0n) is 36.8. The number of thiophene rings is 4. The van der Waals surface area contributed by atoms with Crippen LogP contribution in [0, 0.1) is 45.3 Å². The third-order valence-corrected chi connectivity index (χ3v) is 18.7. The Labute approximate surface area is 407 Å². The second-order valence-electron chi connectivity index (χ2n) is 18.3. The van der Waals surface area contributed by atoms with Gasteiger partial charge in [0.25, 0.3) is 0 Å². The minimum atomic E-state index is -0.247. The molecule has 4 aromatic carbocycles. The van der Waals surface area contributed by atoms with Crippen molar-refractivity contribution in [2.24, 2.45) is 0 Å². The van der Waals surface area contributed by atoms with Gasteiger partial charge in [0, 0.05) is 73.5 Å². The van der Waals surface area contributed by atoms with Gasteiger partial charge in [-0.05, 0) is 104 Å². The number of carbonyl (C=O) groups excluding carboxylic acids is 2. The Kier molecular flexibility index (Phi) is 9.09. The van der Waals surface area contributed by atoms with Crippen LogP contribution in [-0.2, 0) is 10.8 Å². The van der Waals surface area contributed by atoms with Crippen LogP contribution < -0.4 is 0 Å². The van der Waals surface area contributed by atoms with Crippen molar-refractivity contribution >= 4 is 89.6 Å². The van der Waals surface area contributed by atoms with Gasteiger partial charge in [0.1, 0.15) is 35.4 Å². The lowest BCUT2D eigenvalue weighted by atomic mass is 9.80. The lowest BCUT2D eigenvalue weighted by Crippen LogP contribution is -2.15. The highest BCUT2D eigenvalue weighted by molar-refractivity contribution is 7.32. The minimum absolute atomic E-state index is 0.0685. The summed E-state index contributed by atoms with van der Waals surface area (Å²) in [5.41, 5.74) is 13.2. The topological polar surface area (TPSA) is 129 Å². The van der Waals surface area contributed by atoms with E-state index < -0.39 is 0 Å². The largest absolute Gasteiger partial charge is 0.289 e. The Morgan fingerprint density at radius 3 is 1.24 bits per heavy atom. The molecule has 4 heterocycles. The number of nitriles is 4. The molecule has 0 fully saturated rings. The molecule has 4 aromatic heterocycles. The maximum atomic E-state index is 13.6. The van der Waals surface area contributed by atoms with Crippen molar-refractivity contribution in [1.29, 1.82) is 21.0 Å². The highest BCUT2D eigenvalue weighted by atomic mass is 32.1. The molecule has 0 atom stereocenters. The highest BCUT2D eigenvalue weighted by Gasteiger charge is 2.45. The molecule has 4 aliphatic carbocycles. The molecular weight excluding hydrogens is 913 g/mol. The van der Waals surface area contributed by atoms with E-state index in [1.165, 1.54) is 52.5 Å². The van der Waals surface area contributed by atoms with Gasteiger partial charge in [0.15, 0.2) is 11.6 Å². The van der Waals surface area contributed by atoms with Crippen LogP contribution in [-0.4, -0.2) is 11.6 Å². The fraction of sp³-hybridized carbons (Fsp3) is 0.103. The number of hydrogen-bond donors (Lipinski definition) is 0. The maximum absolute atomic E-state index is 13.6. The van der Waals surface area contributed by atoms with Crippen LogP contribution in [0.25, 0.3) is 74.5 Å². The molecule has 8 aromatic rings. The quantitative estimate of drug-likeness (QED) is 0.128. The molecule has 320 valence electrons. The van der Waals surface area contributed by atoms with Crippen LogP contribution in [0.4, 0.5) is 0 Å². The van der Waals surface area contributed by atoms with Gasteiger partial charge in [-0.1, -0.05) is 100 Å². The smallest absolute Gasteiger partial charge is 0.194 e. The van der Waals surface area contributed by atoms with Gasteiger partial charge >= 0.3 is 0 Å². The maximum Gasteiger partial charge on any atom is 0.194 e. The molecular formula is C58H32N4O2S4. The summed E-state index contributed by atoms with van der Waals surface area (Å²) in [4.78, 5) is 33.7. The number of benzene rings is 4. The highest BCUT2D eigenvalue weighted by Crippen LogP contribution is 2.64. The number of carbonyl (C=O) groups is 2. The zero-order chi connectivity index (χ0) is 47.0. The van der Waals surface area contributed by atoms with Gasteiger partial charge in [-0.3, -0.25) is 9.59 Å². The monoisotopic (exact) mass is 944 g/mol. The summed E-state index contributed by atoms with van der Waals surface area (Å²) in [5, 5.41) is 39.2. The Morgan fingerprint density at radius 2 is 0.853 bits per heavy atom.